The zero-order valence-corrected chi connectivity index (χ0v) is 19.7. The monoisotopic (exact) mass is 346 g/mol. The molecule has 22 heavy (non-hydrogen) atoms. The van der Waals surface area contributed by atoms with Crippen molar-refractivity contribution in [2.45, 2.75) is 129 Å². The molecule has 0 amide bonds. The van der Waals surface area contributed by atoms with E-state index in [-0.39, 0.29) is 15.8 Å². The first kappa shape index (κ1) is 22.9. The van der Waals surface area contributed by atoms with Gasteiger partial charge in [0.15, 0.2) is 0 Å². The molecule has 134 valence electrons. The Balaban J connectivity index is 6.14. The topological polar surface area (TPSA) is 0 Å². The second-order valence-electron chi connectivity index (χ2n) is 10.7. The second-order valence-corrected chi connectivity index (χ2v) is 19.2. The maximum absolute atomic E-state index is 2.49. The minimum Gasteiger partial charge on any atom is -0.0880 e. The van der Waals surface area contributed by atoms with Crippen LogP contribution in [0, 0.1) is 0 Å². The molecule has 0 aliphatic rings. The highest BCUT2D eigenvalue weighted by Gasteiger charge is 2.48. The highest BCUT2D eigenvalue weighted by Crippen LogP contribution is 2.77. The van der Waals surface area contributed by atoms with E-state index in [4.69, 9.17) is 0 Å². The summed E-state index contributed by atoms with van der Waals surface area (Å²) in [6, 6.07) is 0. The van der Waals surface area contributed by atoms with E-state index < -0.39 is 0 Å². The standard InChI is InChI=1S/C20H44P2/c1-14-15-16(21(17(2,3)4)18(5,6)7)22(19(8,9)10)20(11,12)13/h16H,14-15H2,1-13H3. The summed E-state index contributed by atoms with van der Waals surface area (Å²) in [5.74, 6) is 0. The summed E-state index contributed by atoms with van der Waals surface area (Å²) in [6.45, 7) is 32.3. The molecule has 0 atom stereocenters. The molecule has 0 rings (SSSR count). The minimum absolute atomic E-state index is 0.0512. The first-order valence-corrected chi connectivity index (χ1v) is 11.8. The molecule has 0 unspecified atom stereocenters. The third kappa shape index (κ3) is 6.40. The summed E-state index contributed by atoms with van der Waals surface area (Å²) in [5, 5.41) is 2.58. The SMILES string of the molecule is CCCC(P(C(C)(C)C)C(C)(C)C)P(C(C)(C)C)C(C)(C)C. The van der Waals surface area contributed by atoms with Crippen LogP contribution in [0.4, 0.5) is 0 Å². The quantitative estimate of drug-likeness (QED) is 0.449. The molecule has 0 aromatic rings. The fraction of sp³-hybridized carbons (Fsp3) is 1.00. The highest BCUT2D eigenvalue weighted by molar-refractivity contribution is 7.78. The Bertz CT molecular complexity index is 271. The summed E-state index contributed by atoms with van der Waals surface area (Å²) >= 11 is 0. The van der Waals surface area contributed by atoms with E-state index in [1.165, 1.54) is 12.8 Å². The lowest BCUT2D eigenvalue weighted by molar-refractivity contribution is 0.662. The first-order valence-electron chi connectivity index (χ1n) is 9.03. The van der Waals surface area contributed by atoms with Crippen molar-refractivity contribution in [3.63, 3.8) is 0 Å². The van der Waals surface area contributed by atoms with Crippen LogP contribution >= 0.6 is 15.8 Å². The van der Waals surface area contributed by atoms with E-state index in [1.54, 1.807) is 0 Å². The van der Waals surface area contributed by atoms with Gasteiger partial charge in [-0.1, -0.05) is 112 Å². The third-order valence-electron chi connectivity index (χ3n) is 4.03. The van der Waals surface area contributed by atoms with Crippen LogP contribution in [-0.4, -0.2) is 26.0 Å². The number of rotatable bonds is 4. The van der Waals surface area contributed by atoms with Crippen LogP contribution in [0.3, 0.4) is 0 Å². The Morgan fingerprint density at radius 3 is 0.909 bits per heavy atom. The van der Waals surface area contributed by atoms with Crippen molar-refractivity contribution >= 4 is 15.8 Å². The Hall–Kier alpha value is 0.860. The molecule has 2 heteroatoms. The molecule has 0 N–H and O–H groups in total. The van der Waals surface area contributed by atoms with Crippen molar-refractivity contribution in [2.75, 3.05) is 0 Å². The molecule has 0 aliphatic heterocycles. The van der Waals surface area contributed by atoms with Crippen LogP contribution in [0.5, 0.6) is 0 Å². The van der Waals surface area contributed by atoms with Crippen LogP contribution in [0.25, 0.3) is 0 Å². The van der Waals surface area contributed by atoms with Gasteiger partial charge in [0.05, 0.1) is 0 Å². The van der Waals surface area contributed by atoms with Gasteiger partial charge in [-0.25, -0.2) is 0 Å². The Morgan fingerprint density at radius 2 is 0.773 bits per heavy atom. The average molecular weight is 347 g/mol. The summed E-state index contributed by atoms with van der Waals surface area (Å²) < 4.78 is 0. The predicted molar refractivity (Wildman–Crippen MR) is 112 cm³/mol. The maximum atomic E-state index is 2.49. The molecule has 0 aliphatic carbocycles. The zero-order chi connectivity index (χ0) is 18.1. The van der Waals surface area contributed by atoms with E-state index in [0.29, 0.717) is 20.6 Å². The average Bonchev–Trinajstić information content (AvgIpc) is 2.06. The molecule has 0 radical (unpaired) electrons. The predicted octanol–water partition coefficient (Wildman–Crippen LogP) is 8.27. The van der Waals surface area contributed by atoms with Gasteiger partial charge < -0.3 is 0 Å². The van der Waals surface area contributed by atoms with Crippen molar-refractivity contribution in [1.29, 1.82) is 0 Å². The van der Waals surface area contributed by atoms with Crippen molar-refractivity contribution in [3.8, 4) is 0 Å². The van der Waals surface area contributed by atoms with E-state index in [2.05, 4.69) is 90.0 Å². The summed E-state index contributed by atoms with van der Waals surface area (Å²) in [6.07, 6.45) is 2.72. The summed E-state index contributed by atoms with van der Waals surface area (Å²) in [5.41, 5.74) is 0. The van der Waals surface area contributed by atoms with Crippen LogP contribution in [0.1, 0.15) is 103 Å². The lowest BCUT2D eigenvalue weighted by atomic mass is 10.2. The van der Waals surface area contributed by atoms with Gasteiger partial charge >= 0.3 is 0 Å². The largest absolute Gasteiger partial charge is 0.0880 e. The molecule has 0 spiro atoms. The van der Waals surface area contributed by atoms with Gasteiger partial charge in [-0.15, -0.1) is 0 Å². The smallest absolute Gasteiger partial charge is 0.00128 e. The minimum atomic E-state index is -0.0512. The molecule has 0 fully saturated rings. The van der Waals surface area contributed by atoms with Crippen LogP contribution in [0.2, 0.25) is 0 Å². The summed E-state index contributed by atoms with van der Waals surface area (Å²) in [4.78, 5) is 0. The third-order valence-corrected chi connectivity index (χ3v) is 12.9. The number of hydrogen-bond acceptors (Lipinski definition) is 0. The van der Waals surface area contributed by atoms with E-state index >= 15 is 0 Å². The fourth-order valence-corrected chi connectivity index (χ4v) is 18.1. The van der Waals surface area contributed by atoms with Gasteiger partial charge in [-0.3, -0.25) is 0 Å². The Kier molecular flexibility index (Phi) is 7.69. The van der Waals surface area contributed by atoms with Crippen molar-refractivity contribution in [2.24, 2.45) is 0 Å². The van der Waals surface area contributed by atoms with Gasteiger partial charge in [0, 0.05) is 5.40 Å². The lowest BCUT2D eigenvalue weighted by Crippen LogP contribution is -2.37. The van der Waals surface area contributed by atoms with Gasteiger partial charge in [-0.2, -0.15) is 0 Å². The van der Waals surface area contributed by atoms with Gasteiger partial charge in [-0.05, 0) is 27.0 Å². The van der Waals surface area contributed by atoms with Gasteiger partial charge in [0.2, 0.25) is 0 Å². The molecule has 0 saturated carbocycles. The molecule has 0 saturated heterocycles. The Labute approximate surface area is 145 Å². The van der Waals surface area contributed by atoms with Crippen LogP contribution < -0.4 is 0 Å². The molecular formula is C20H44P2. The zero-order valence-electron chi connectivity index (χ0n) is 17.9. The molecule has 0 aromatic heterocycles. The van der Waals surface area contributed by atoms with Crippen molar-refractivity contribution in [1.82, 2.24) is 0 Å². The molecule has 0 nitrogen and oxygen atoms in total. The van der Waals surface area contributed by atoms with E-state index in [0.717, 1.165) is 5.40 Å². The van der Waals surface area contributed by atoms with Crippen molar-refractivity contribution < 1.29 is 0 Å². The second kappa shape index (κ2) is 7.40. The van der Waals surface area contributed by atoms with Crippen LogP contribution in [0.15, 0.2) is 0 Å². The fourth-order valence-electron chi connectivity index (χ4n) is 4.43. The molecule has 0 aromatic carbocycles. The Morgan fingerprint density at radius 1 is 0.545 bits per heavy atom. The highest BCUT2D eigenvalue weighted by atomic mass is 31.2. The van der Waals surface area contributed by atoms with Gasteiger partial charge in [0.25, 0.3) is 0 Å². The lowest BCUT2D eigenvalue weighted by Gasteiger charge is -2.55. The van der Waals surface area contributed by atoms with E-state index in [9.17, 15) is 0 Å². The molecule has 0 bridgehead atoms. The van der Waals surface area contributed by atoms with Crippen molar-refractivity contribution in [3.05, 3.63) is 0 Å². The number of hydrogen-bond donors (Lipinski definition) is 0. The first-order chi connectivity index (χ1) is 9.44. The summed E-state index contributed by atoms with van der Waals surface area (Å²) in [7, 11) is -0.102. The van der Waals surface area contributed by atoms with Gasteiger partial charge in [0.1, 0.15) is 0 Å². The van der Waals surface area contributed by atoms with E-state index in [1.807, 2.05) is 0 Å². The molecule has 0 heterocycles. The normalized spacial score (nSPS) is 15.3. The van der Waals surface area contributed by atoms with Crippen LogP contribution in [-0.2, 0) is 0 Å². The molecular weight excluding hydrogens is 302 g/mol. The maximum Gasteiger partial charge on any atom is 0.00128 e.